The molecule has 0 aromatic heterocycles. The molecule has 2 N–H and O–H groups in total. The van der Waals surface area contributed by atoms with E-state index in [0.29, 0.717) is 6.42 Å². The van der Waals surface area contributed by atoms with Gasteiger partial charge in [-0.25, -0.2) is 0 Å². The van der Waals surface area contributed by atoms with Crippen LogP contribution in [0.15, 0.2) is 24.3 Å². The zero-order valence-electron chi connectivity index (χ0n) is 9.14. The fraction of sp³-hybridized carbons (Fsp3) is 0.417. The van der Waals surface area contributed by atoms with Gasteiger partial charge in [-0.15, -0.1) is 0 Å². The average molecular weight is 221 g/mol. The maximum atomic E-state index is 10.8. The number of hydrogen-bond acceptors (Lipinski definition) is 3. The van der Waals surface area contributed by atoms with E-state index < -0.39 is 12.0 Å². The summed E-state index contributed by atoms with van der Waals surface area (Å²) in [7, 11) is 1.63. The van der Waals surface area contributed by atoms with E-state index in [9.17, 15) is 4.79 Å². The molecule has 0 spiro atoms. The summed E-state index contributed by atoms with van der Waals surface area (Å²) in [6, 6.07) is 7.47. The summed E-state index contributed by atoms with van der Waals surface area (Å²) in [5.41, 5.74) is 1.12. The van der Waals surface area contributed by atoms with Gasteiger partial charge in [0.15, 0.2) is 0 Å². The van der Waals surface area contributed by atoms with Crippen molar-refractivity contribution < 1.29 is 14.6 Å². The van der Waals surface area contributed by atoms with Gasteiger partial charge in [0.1, 0.15) is 11.8 Å². The summed E-state index contributed by atoms with van der Waals surface area (Å²) in [6.07, 6.45) is 1.55. The summed E-state index contributed by atoms with van der Waals surface area (Å²) in [5, 5.41) is 12.0. The van der Waals surface area contributed by atoms with E-state index in [1.165, 1.54) is 0 Å². The molecule has 2 rings (SSSR count). The van der Waals surface area contributed by atoms with Gasteiger partial charge in [-0.05, 0) is 30.5 Å². The third kappa shape index (κ3) is 2.17. The molecule has 0 bridgehead atoms. The van der Waals surface area contributed by atoms with Crippen molar-refractivity contribution in [3.05, 3.63) is 29.8 Å². The summed E-state index contributed by atoms with van der Waals surface area (Å²) in [5.74, 6) is 0.0487. The molecule has 1 aliphatic heterocycles. The number of benzene rings is 1. The highest BCUT2D eigenvalue weighted by Crippen LogP contribution is 2.27. The maximum absolute atomic E-state index is 10.8. The zero-order valence-corrected chi connectivity index (χ0v) is 9.14. The van der Waals surface area contributed by atoms with Crippen LogP contribution in [-0.2, 0) is 4.79 Å². The van der Waals surface area contributed by atoms with Gasteiger partial charge in [0.25, 0.3) is 0 Å². The Bertz CT molecular complexity index is 374. The molecule has 0 saturated carbocycles. The molecule has 1 aromatic carbocycles. The van der Waals surface area contributed by atoms with Crippen molar-refractivity contribution in [3.63, 3.8) is 0 Å². The van der Waals surface area contributed by atoms with Crippen LogP contribution in [0, 0.1) is 0 Å². The summed E-state index contributed by atoms with van der Waals surface area (Å²) >= 11 is 0. The second-order valence-corrected chi connectivity index (χ2v) is 3.96. The Morgan fingerprint density at radius 3 is 2.56 bits per heavy atom. The molecule has 1 aliphatic rings. The largest absolute Gasteiger partial charge is 0.497 e. The molecule has 2 atom stereocenters. The van der Waals surface area contributed by atoms with E-state index in [1.807, 2.05) is 24.3 Å². The Kier molecular flexibility index (Phi) is 3.10. The summed E-state index contributed by atoms with van der Waals surface area (Å²) in [6.45, 7) is 0. The van der Waals surface area contributed by atoms with Gasteiger partial charge in [0.2, 0.25) is 0 Å². The minimum absolute atomic E-state index is 0.145. The lowest BCUT2D eigenvalue weighted by Crippen LogP contribution is -2.31. The lowest BCUT2D eigenvalue weighted by molar-refractivity contribution is -0.139. The number of rotatable bonds is 3. The fourth-order valence-corrected chi connectivity index (χ4v) is 2.04. The molecule has 1 heterocycles. The van der Waals surface area contributed by atoms with E-state index in [2.05, 4.69) is 5.32 Å². The van der Waals surface area contributed by atoms with Crippen molar-refractivity contribution in [2.75, 3.05) is 7.11 Å². The van der Waals surface area contributed by atoms with Gasteiger partial charge in [-0.3, -0.25) is 10.1 Å². The molecule has 1 aromatic rings. The molecule has 0 unspecified atom stereocenters. The van der Waals surface area contributed by atoms with Gasteiger partial charge in [-0.2, -0.15) is 0 Å². The number of aliphatic carboxylic acids is 1. The first-order chi connectivity index (χ1) is 7.70. The maximum Gasteiger partial charge on any atom is 0.320 e. The molecule has 16 heavy (non-hydrogen) atoms. The predicted octanol–water partition coefficient (Wildman–Crippen LogP) is 1.57. The first-order valence-corrected chi connectivity index (χ1v) is 5.33. The van der Waals surface area contributed by atoms with Crippen LogP contribution in [0.25, 0.3) is 0 Å². The van der Waals surface area contributed by atoms with Crippen molar-refractivity contribution in [3.8, 4) is 5.75 Å². The fourth-order valence-electron chi connectivity index (χ4n) is 2.04. The number of carbonyl (C=O) groups is 1. The average Bonchev–Trinajstić information content (AvgIpc) is 2.78. The Morgan fingerprint density at radius 2 is 2.06 bits per heavy atom. The highest BCUT2D eigenvalue weighted by atomic mass is 16.5. The van der Waals surface area contributed by atoms with Crippen molar-refractivity contribution in [1.82, 2.24) is 5.32 Å². The highest BCUT2D eigenvalue weighted by molar-refractivity contribution is 5.73. The summed E-state index contributed by atoms with van der Waals surface area (Å²) < 4.78 is 5.08. The molecule has 0 amide bonds. The standard InChI is InChI=1S/C12H15NO3/c1-16-9-4-2-8(3-5-9)10-6-7-11(13-10)12(14)15/h2-5,10-11,13H,6-7H2,1H3,(H,14,15)/t10-,11+/m0/s1. The number of carboxylic acid groups (broad SMARTS) is 1. The molecular formula is C12H15NO3. The molecule has 86 valence electrons. The van der Waals surface area contributed by atoms with Gasteiger partial charge in [0.05, 0.1) is 7.11 Å². The Hall–Kier alpha value is -1.55. The van der Waals surface area contributed by atoms with Crippen LogP contribution in [0.1, 0.15) is 24.4 Å². The third-order valence-electron chi connectivity index (χ3n) is 2.96. The van der Waals surface area contributed by atoms with Crippen molar-refractivity contribution in [2.45, 2.75) is 24.9 Å². The summed E-state index contributed by atoms with van der Waals surface area (Å²) in [4.78, 5) is 10.8. The van der Waals surface area contributed by atoms with Crippen molar-refractivity contribution in [1.29, 1.82) is 0 Å². The Morgan fingerprint density at radius 1 is 1.38 bits per heavy atom. The lowest BCUT2D eigenvalue weighted by atomic mass is 10.1. The molecule has 0 aliphatic carbocycles. The minimum atomic E-state index is -0.768. The van der Waals surface area contributed by atoms with Gasteiger partial charge in [-0.1, -0.05) is 12.1 Å². The zero-order chi connectivity index (χ0) is 11.5. The van der Waals surface area contributed by atoms with Gasteiger partial charge >= 0.3 is 5.97 Å². The Labute approximate surface area is 94.2 Å². The number of methoxy groups -OCH3 is 1. The smallest absolute Gasteiger partial charge is 0.320 e. The second kappa shape index (κ2) is 4.53. The highest BCUT2D eigenvalue weighted by Gasteiger charge is 2.29. The van der Waals surface area contributed by atoms with Crippen LogP contribution in [0.4, 0.5) is 0 Å². The van der Waals surface area contributed by atoms with E-state index in [-0.39, 0.29) is 6.04 Å². The number of carboxylic acids is 1. The van der Waals surface area contributed by atoms with Crippen LogP contribution in [0.5, 0.6) is 5.75 Å². The topological polar surface area (TPSA) is 58.6 Å². The lowest BCUT2D eigenvalue weighted by Gasteiger charge is -2.12. The molecule has 1 saturated heterocycles. The predicted molar refractivity (Wildman–Crippen MR) is 59.5 cm³/mol. The quantitative estimate of drug-likeness (QED) is 0.813. The molecule has 0 radical (unpaired) electrons. The monoisotopic (exact) mass is 221 g/mol. The molecule has 4 nitrogen and oxygen atoms in total. The number of nitrogens with one attached hydrogen (secondary N) is 1. The van der Waals surface area contributed by atoms with Gasteiger partial charge < -0.3 is 9.84 Å². The Balaban J connectivity index is 2.05. The van der Waals surface area contributed by atoms with E-state index in [0.717, 1.165) is 17.7 Å². The van der Waals surface area contributed by atoms with Crippen molar-refractivity contribution >= 4 is 5.97 Å². The second-order valence-electron chi connectivity index (χ2n) is 3.96. The number of hydrogen-bond donors (Lipinski definition) is 2. The van der Waals surface area contributed by atoms with Gasteiger partial charge in [0, 0.05) is 6.04 Å². The van der Waals surface area contributed by atoms with Crippen molar-refractivity contribution in [2.24, 2.45) is 0 Å². The van der Waals surface area contributed by atoms with Crippen LogP contribution < -0.4 is 10.1 Å². The van der Waals surface area contributed by atoms with Crippen LogP contribution in [0.3, 0.4) is 0 Å². The molecule has 1 fully saturated rings. The molecular weight excluding hydrogens is 206 g/mol. The van der Waals surface area contributed by atoms with E-state index in [4.69, 9.17) is 9.84 Å². The van der Waals surface area contributed by atoms with Crippen LogP contribution >= 0.6 is 0 Å². The first-order valence-electron chi connectivity index (χ1n) is 5.33. The van der Waals surface area contributed by atoms with Crippen LogP contribution in [0.2, 0.25) is 0 Å². The minimum Gasteiger partial charge on any atom is -0.497 e. The van der Waals surface area contributed by atoms with E-state index >= 15 is 0 Å². The molecule has 4 heteroatoms. The number of ether oxygens (including phenoxy) is 1. The third-order valence-corrected chi connectivity index (χ3v) is 2.96. The first kappa shape index (κ1) is 11.0. The van der Waals surface area contributed by atoms with Crippen LogP contribution in [-0.4, -0.2) is 24.2 Å². The SMILES string of the molecule is COc1ccc([C@@H]2CC[C@H](C(=O)O)N2)cc1. The normalized spacial score (nSPS) is 24.3. The van der Waals surface area contributed by atoms with E-state index in [1.54, 1.807) is 7.11 Å².